The number of methoxy groups -OCH3 is 1. The number of ether oxygens (including phenoxy) is 1. The summed E-state index contributed by atoms with van der Waals surface area (Å²) >= 11 is 0. The van der Waals surface area contributed by atoms with E-state index in [0.717, 1.165) is 18.4 Å². The van der Waals surface area contributed by atoms with Crippen molar-refractivity contribution < 1.29 is 9.53 Å². The molecule has 0 heterocycles. The highest BCUT2D eigenvalue weighted by Crippen LogP contribution is 2.08. The van der Waals surface area contributed by atoms with Crippen molar-refractivity contribution >= 4 is 5.97 Å². The van der Waals surface area contributed by atoms with Crippen molar-refractivity contribution in [3.05, 3.63) is 35.4 Å². The number of hydrogen-bond donors (Lipinski definition) is 0. The summed E-state index contributed by atoms with van der Waals surface area (Å²) in [6, 6.07) is 7.28. The highest BCUT2D eigenvalue weighted by molar-refractivity contribution is 5.92. The van der Waals surface area contributed by atoms with Crippen LogP contribution in [0.2, 0.25) is 0 Å². The number of rotatable bonds is 4. The quantitative estimate of drug-likeness (QED) is 0.450. The molecule has 0 fully saturated rings. The predicted octanol–water partition coefficient (Wildman–Crippen LogP) is 3.41. The lowest BCUT2D eigenvalue weighted by atomic mass is 10.1. The maximum Gasteiger partial charge on any atom is 0.339 e. The lowest BCUT2D eigenvalue weighted by Gasteiger charge is -2.01. The van der Waals surface area contributed by atoms with Gasteiger partial charge < -0.3 is 4.74 Å². The van der Waals surface area contributed by atoms with Crippen LogP contribution in [-0.2, 0) is 4.74 Å². The first-order valence-corrected chi connectivity index (χ1v) is 5.95. The molecule has 2 nitrogen and oxygen atoms in total. The van der Waals surface area contributed by atoms with Crippen LogP contribution in [0, 0.1) is 11.8 Å². The van der Waals surface area contributed by atoms with Crippen LogP contribution in [-0.4, -0.2) is 13.1 Å². The third-order valence-corrected chi connectivity index (χ3v) is 2.46. The minimum atomic E-state index is -0.330. The Kier molecular flexibility index (Phi) is 5.88. The van der Waals surface area contributed by atoms with Gasteiger partial charge in [0.25, 0.3) is 0 Å². The van der Waals surface area contributed by atoms with E-state index in [-0.39, 0.29) is 5.97 Å². The van der Waals surface area contributed by atoms with Crippen molar-refractivity contribution in [1.82, 2.24) is 0 Å². The van der Waals surface area contributed by atoms with Crippen molar-refractivity contribution in [1.29, 1.82) is 0 Å². The third kappa shape index (κ3) is 4.32. The number of hydrogen-bond acceptors (Lipinski definition) is 2. The largest absolute Gasteiger partial charge is 0.465 e. The van der Waals surface area contributed by atoms with E-state index in [9.17, 15) is 4.79 Å². The van der Waals surface area contributed by atoms with Crippen LogP contribution < -0.4 is 0 Å². The second-order valence-electron chi connectivity index (χ2n) is 3.80. The molecule has 0 amide bonds. The molecule has 1 aromatic rings. The van der Waals surface area contributed by atoms with Gasteiger partial charge in [-0.05, 0) is 18.6 Å². The molecule has 0 saturated carbocycles. The van der Waals surface area contributed by atoms with E-state index < -0.39 is 0 Å². The Morgan fingerprint density at radius 3 is 2.76 bits per heavy atom. The van der Waals surface area contributed by atoms with Crippen molar-refractivity contribution in [3.8, 4) is 11.8 Å². The summed E-state index contributed by atoms with van der Waals surface area (Å²) in [5.74, 6) is 5.80. The lowest BCUT2D eigenvalue weighted by molar-refractivity contribution is 0.0600. The summed E-state index contributed by atoms with van der Waals surface area (Å²) in [5, 5.41) is 0. The number of carbonyl (C=O) groups is 1. The van der Waals surface area contributed by atoms with Crippen molar-refractivity contribution in [2.45, 2.75) is 32.6 Å². The summed E-state index contributed by atoms with van der Waals surface area (Å²) in [7, 11) is 1.38. The van der Waals surface area contributed by atoms with Crippen LogP contribution in [0.25, 0.3) is 0 Å². The Morgan fingerprint density at radius 1 is 1.29 bits per heavy atom. The first-order chi connectivity index (χ1) is 8.29. The van der Waals surface area contributed by atoms with Crippen LogP contribution in [0.3, 0.4) is 0 Å². The molecule has 0 spiro atoms. The summed E-state index contributed by atoms with van der Waals surface area (Å²) in [6.07, 6.45) is 4.39. The van der Waals surface area contributed by atoms with E-state index in [2.05, 4.69) is 18.8 Å². The molecule has 2 heteroatoms. The number of benzene rings is 1. The summed E-state index contributed by atoms with van der Waals surface area (Å²) in [6.45, 7) is 2.17. The maximum atomic E-state index is 11.5. The predicted molar refractivity (Wildman–Crippen MR) is 68.8 cm³/mol. The van der Waals surface area contributed by atoms with Crippen LogP contribution >= 0.6 is 0 Å². The molecule has 1 rings (SSSR count). The third-order valence-electron chi connectivity index (χ3n) is 2.46. The molecule has 0 aliphatic heterocycles. The number of esters is 1. The average molecular weight is 230 g/mol. The zero-order chi connectivity index (χ0) is 12.5. The highest BCUT2D eigenvalue weighted by Gasteiger charge is 2.08. The van der Waals surface area contributed by atoms with Gasteiger partial charge in [-0.15, -0.1) is 0 Å². The van der Waals surface area contributed by atoms with Crippen molar-refractivity contribution in [3.63, 3.8) is 0 Å². The minimum absolute atomic E-state index is 0.330. The standard InChI is InChI=1S/C15H18O2/c1-3-4-5-6-7-10-13-11-8-9-12-14(13)15(16)17-2/h8-9,11-12H,3-6H2,1-2H3. The van der Waals surface area contributed by atoms with Gasteiger partial charge in [-0.3, -0.25) is 0 Å². The van der Waals surface area contributed by atoms with Gasteiger partial charge in [0.2, 0.25) is 0 Å². The van der Waals surface area contributed by atoms with Gasteiger partial charge in [-0.2, -0.15) is 0 Å². The molecule has 0 bridgehead atoms. The van der Waals surface area contributed by atoms with Gasteiger partial charge >= 0.3 is 5.97 Å². The summed E-state index contributed by atoms with van der Waals surface area (Å²) < 4.78 is 4.72. The molecule has 90 valence electrons. The van der Waals surface area contributed by atoms with E-state index >= 15 is 0 Å². The molecule has 0 saturated heterocycles. The second kappa shape index (κ2) is 7.51. The second-order valence-corrected chi connectivity index (χ2v) is 3.80. The van der Waals surface area contributed by atoms with Gasteiger partial charge in [0, 0.05) is 12.0 Å². The molecular formula is C15H18O2. The fourth-order valence-electron chi connectivity index (χ4n) is 1.50. The normalized spacial score (nSPS) is 9.29. The Balaban J connectivity index is 2.73. The average Bonchev–Trinajstić information content (AvgIpc) is 2.38. The zero-order valence-corrected chi connectivity index (χ0v) is 10.5. The Labute approximate surface area is 103 Å². The topological polar surface area (TPSA) is 26.3 Å². The zero-order valence-electron chi connectivity index (χ0n) is 10.5. The number of carbonyl (C=O) groups excluding carboxylic acids is 1. The van der Waals surface area contributed by atoms with Crippen LogP contribution in [0.5, 0.6) is 0 Å². The van der Waals surface area contributed by atoms with Crippen LogP contribution in [0.15, 0.2) is 24.3 Å². The monoisotopic (exact) mass is 230 g/mol. The molecule has 0 atom stereocenters. The minimum Gasteiger partial charge on any atom is -0.465 e. The molecule has 0 unspecified atom stereocenters. The maximum absolute atomic E-state index is 11.5. The molecule has 0 radical (unpaired) electrons. The number of unbranched alkanes of at least 4 members (excludes halogenated alkanes) is 3. The van der Waals surface area contributed by atoms with E-state index in [1.807, 2.05) is 18.2 Å². The van der Waals surface area contributed by atoms with E-state index in [1.165, 1.54) is 20.0 Å². The molecule has 0 aromatic heterocycles. The van der Waals surface area contributed by atoms with Crippen molar-refractivity contribution in [2.75, 3.05) is 7.11 Å². The lowest BCUT2D eigenvalue weighted by Crippen LogP contribution is -2.03. The van der Waals surface area contributed by atoms with Crippen molar-refractivity contribution in [2.24, 2.45) is 0 Å². The molecule has 1 aromatic carbocycles. The fourth-order valence-corrected chi connectivity index (χ4v) is 1.50. The Bertz CT molecular complexity index is 424. The highest BCUT2D eigenvalue weighted by atomic mass is 16.5. The molecule has 0 N–H and O–H groups in total. The molecular weight excluding hydrogens is 212 g/mol. The van der Waals surface area contributed by atoms with Gasteiger partial charge in [-0.25, -0.2) is 4.79 Å². The summed E-state index contributed by atoms with van der Waals surface area (Å²) in [5.41, 5.74) is 1.29. The van der Waals surface area contributed by atoms with Gasteiger partial charge in [0.1, 0.15) is 0 Å². The molecule has 0 aliphatic rings. The molecule has 0 aliphatic carbocycles. The molecule has 17 heavy (non-hydrogen) atoms. The van der Waals surface area contributed by atoms with Crippen LogP contribution in [0.1, 0.15) is 48.5 Å². The fraction of sp³-hybridized carbons (Fsp3) is 0.400. The first-order valence-electron chi connectivity index (χ1n) is 5.95. The smallest absolute Gasteiger partial charge is 0.339 e. The summed E-state index contributed by atoms with van der Waals surface area (Å²) in [4.78, 5) is 11.5. The SMILES string of the molecule is CCCCCC#Cc1ccccc1C(=O)OC. The van der Waals surface area contributed by atoms with Crippen LogP contribution in [0.4, 0.5) is 0 Å². The van der Waals surface area contributed by atoms with Gasteiger partial charge in [0.05, 0.1) is 12.7 Å². The van der Waals surface area contributed by atoms with E-state index in [1.54, 1.807) is 6.07 Å². The Morgan fingerprint density at radius 2 is 2.06 bits per heavy atom. The first kappa shape index (κ1) is 13.3. The Hall–Kier alpha value is -1.75. The van der Waals surface area contributed by atoms with E-state index in [0.29, 0.717) is 5.56 Å². The van der Waals surface area contributed by atoms with Gasteiger partial charge in [-0.1, -0.05) is 43.7 Å². The van der Waals surface area contributed by atoms with E-state index in [4.69, 9.17) is 4.74 Å². The van der Waals surface area contributed by atoms with Gasteiger partial charge in [0.15, 0.2) is 0 Å².